The molecule has 0 saturated carbocycles. The van der Waals surface area contributed by atoms with Gasteiger partial charge in [-0.05, 0) is 53.9 Å². The van der Waals surface area contributed by atoms with Crippen molar-refractivity contribution >= 4 is 15.9 Å². The van der Waals surface area contributed by atoms with E-state index in [0.29, 0.717) is 9.87 Å². The minimum Gasteiger partial charge on any atom is -0.350 e. The maximum absolute atomic E-state index is 14.7. The van der Waals surface area contributed by atoms with Crippen molar-refractivity contribution in [3.8, 4) is 17.2 Å². The van der Waals surface area contributed by atoms with Crippen molar-refractivity contribution in [1.29, 1.82) is 5.26 Å². The first kappa shape index (κ1) is 27.1. The molecule has 1 aromatic heterocycles. The van der Waals surface area contributed by atoms with Gasteiger partial charge >= 0.3 is 6.18 Å². The van der Waals surface area contributed by atoms with Crippen LogP contribution in [0.15, 0.2) is 59.8 Å². The van der Waals surface area contributed by atoms with E-state index in [0.717, 1.165) is 36.7 Å². The highest BCUT2D eigenvalue weighted by molar-refractivity contribution is 7.89. The molecule has 1 aliphatic rings. The lowest BCUT2D eigenvalue weighted by Gasteiger charge is -2.24. The molecule has 14 heteroatoms. The van der Waals surface area contributed by atoms with Crippen molar-refractivity contribution in [3.05, 3.63) is 77.6 Å². The summed E-state index contributed by atoms with van der Waals surface area (Å²) in [6.45, 7) is -0.573. The molecule has 0 bridgehead atoms. The van der Waals surface area contributed by atoms with Gasteiger partial charge in [-0.3, -0.25) is 4.79 Å². The summed E-state index contributed by atoms with van der Waals surface area (Å²) in [5.41, 5.74) is 0.943. The number of amides is 1. The van der Waals surface area contributed by atoms with Crippen LogP contribution in [0, 0.1) is 17.1 Å². The Morgan fingerprint density at radius 1 is 1.11 bits per heavy atom. The van der Waals surface area contributed by atoms with E-state index in [4.69, 9.17) is 0 Å². The summed E-state index contributed by atoms with van der Waals surface area (Å²) in [5, 5.41) is 11.9. The fourth-order valence-corrected chi connectivity index (χ4v) is 5.60. The molecule has 1 amide bonds. The number of rotatable bonds is 6. The van der Waals surface area contributed by atoms with Crippen LogP contribution in [-0.2, 0) is 27.5 Å². The topological polar surface area (TPSA) is 116 Å². The Morgan fingerprint density at radius 3 is 2.37 bits per heavy atom. The minimum atomic E-state index is -4.72. The number of nitrogens with one attached hydrogen (secondary N) is 1. The molecular formula is C24H18F5N5O3S. The zero-order chi connectivity index (χ0) is 27.7. The standard InChI is InChI=1S/C24H18F5N5O3S/c25-18-3-5-19(6-4-18)38(36,37)34-8-7-20(26)21(34)22(35)31-11-16-9-14(1-2-15(16)10-30)17-12-32-23(33-13-17)24(27,28)29/h1-6,9,12-13,20-21H,7-8,11H2,(H,31,35). The highest BCUT2D eigenvalue weighted by atomic mass is 32.2. The third-order valence-corrected chi connectivity index (χ3v) is 7.78. The molecule has 2 heterocycles. The molecule has 1 fully saturated rings. The number of nitrogens with zero attached hydrogens (tertiary/aromatic N) is 4. The smallest absolute Gasteiger partial charge is 0.350 e. The molecule has 2 unspecified atom stereocenters. The third-order valence-electron chi connectivity index (χ3n) is 5.88. The van der Waals surface area contributed by atoms with Crippen LogP contribution in [0.1, 0.15) is 23.4 Å². The Hall–Kier alpha value is -3.96. The van der Waals surface area contributed by atoms with Crippen molar-refractivity contribution < 1.29 is 35.2 Å². The van der Waals surface area contributed by atoms with Crippen molar-refractivity contribution in [2.45, 2.75) is 36.3 Å². The normalized spacial score (nSPS) is 18.2. The van der Waals surface area contributed by atoms with Crippen molar-refractivity contribution in [3.63, 3.8) is 0 Å². The molecule has 4 rings (SSSR count). The predicted molar refractivity (Wildman–Crippen MR) is 123 cm³/mol. The van der Waals surface area contributed by atoms with Gasteiger partial charge < -0.3 is 5.32 Å². The SMILES string of the molecule is N#Cc1ccc(-c2cnc(C(F)(F)F)nc2)cc1CNC(=O)C1C(F)CCN1S(=O)(=O)c1ccc(F)cc1. The summed E-state index contributed by atoms with van der Waals surface area (Å²) in [6, 6.07) is 8.40. The van der Waals surface area contributed by atoms with Crippen LogP contribution in [0.4, 0.5) is 22.0 Å². The van der Waals surface area contributed by atoms with E-state index >= 15 is 0 Å². The quantitative estimate of drug-likeness (QED) is 0.468. The number of halogens is 5. The number of hydrogen-bond acceptors (Lipinski definition) is 6. The molecule has 3 aromatic rings. The Bertz CT molecular complexity index is 1490. The van der Waals surface area contributed by atoms with Gasteiger partial charge in [0.15, 0.2) is 0 Å². The summed E-state index contributed by atoms with van der Waals surface area (Å²) in [6.07, 6.45) is -4.83. The Balaban J connectivity index is 1.54. The van der Waals surface area contributed by atoms with Crippen molar-refractivity contribution in [1.82, 2.24) is 19.6 Å². The van der Waals surface area contributed by atoms with E-state index in [1.165, 1.54) is 18.2 Å². The molecule has 2 atom stereocenters. The van der Waals surface area contributed by atoms with Gasteiger partial charge in [-0.1, -0.05) is 6.07 Å². The number of alkyl halides is 4. The molecule has 198 valence electrons. The maximum Gasteiger partial charge on any atom is 0.451 e. The van der Waals surface area contributed by atoms with Crippen LogP contribution in [0.3, 0.4) is 0 Å². The van der Waals surface area contributed by atoms with Gasteiger partial charge in [0, 0.05) is 31.0 Å². The third kappa shape index (κ3) is 5.48. The van der Waals surface area contributed by atoms with E-state index in [9.17, 15) is 40.4 Å². The van der Waals surface area contributed by atoms with Gasteiger partial charge in [-0.25, -0.2) is 27.2 Å². The van der Waals surface area contributed by atoms with Gasteiger partial charge in [0.1, 0.15) is 18.0 Å². The van der Waals surface area contributed by atoms with Crippen LogP contribution >= 0.6 is 0 Å². The number of nitriles is 1. The van der Waals surface area contributed by atoms with Crippen LogP contribution < -0.4 is 5.32 Å². The number of benzene rings is 2. The molecule has 38 heavy (non-hydrogen) atoms. The maximum atomic E-state index is 14.7. The second-order valence-corrected chi connectivity index (χ2v) is 10.2. The van der Waals surface area contributed by atoms with Gasteiger partial charge in [0.05, 0.1) is 16.5 Å². The van der Waals surface area contributed by atoms with E-state index in [-0.39, 0.29) is 41.1 Å². The molecule has 1 saturated heterocycles. The minimum absolute atomic E-state index is 0.126. The van der Waals surface area contributed by atoms with E-state index in [1.807, 2.05) is 6.07 Å². The summed E-state index contributed by atoms with van der Waals surface area (Å²) < 4.78 is 92.9. The van der Waals surface area contributed by atoms with E-state index < -0.39 is 46.0 Å². The fourth-order valence-electron chi connectivity index (χ4n) is 3.97. The van der Waals surface area contributed by atoms with E-state index in [1.54, 1.807) is 0 Å². The molecule has 1 aliphatic heterocycles. The molecule has 2 aromatic carbocycles. The fraction of sp³-hybridized carbons (Fsp3) is 0.250. The van der Waals surface area contributed by atoms with E-state index in [2.05, 4.69) is 15.3 Å². The van der Waals surface area contributed by atoms with Crippen LogP contribution in [0.2, 0.25) is 0 Å². The number of sulfonamides is 1. The first-order valence-corrected chi connectivity index (χ1v) is 12.5. The second kappa shape index (κ2) is 10.4. The van der Waals surface area contributed by atoms with Crippen molar-refractivity contribution in [2.75, 3.05) is 6.54 Å². The van der Waals surface area contributed by atoms with Crippen molar-refractivity contribution in [2.24, 2.45) is 0 Å². The number of carbonyl (C=O) groups is 1. The summed E-state index contributed by atoms with van der Waals surface area (Å²) in [5.74, 6) is -2.94. The largest absolute Gasteiger partial charge is 0.451 e. The first-order valence-electron chi connectivity index (χ1n) is 11.0. The van der Waals surface area contributed by atoms with Gasteiger partial charge in [-0.15, -0.1) is 0 Å². The summed E-state index contributed by atoms with van der Waals surface area (Å²) in [4.78, 5) is 19.2. The molecule has 0 aliphatic carbocycles. The monoisotopic (exact) mass is 551 g/mol. The molecule has 8 nitrogen and oxygen atoms in total. The molecule has 0 spiro atoms. The Morgan fingerprint density at radius 2 is 1.76 bits per heavy atom. The molecule has 1 N–H and O–H groups in total. The van der Waals surface area contributed by atoms with Gasteiger partial charge in [0.25, 0.3) is 0 Å². The lowest BCUT2D eigenvalue weighted by atomic mass is 10.0. The van der Waals surface area contributed by atoms with Crippen LogP contribution in [0.25, 0.3) is 11.1 Å². The lowest BCUT2D eigenvalue weighted by molar-refractivity contribution is -0.145. The Kier molecular flexibility index (Phi) is 7.43. The Labute approximate surface area is 213 Å². The molecular weight excluding hydrogens is 533 g/mol. The number of carbonyl (C=O) groups excluding carboxylic acids is 1. The van der Waals surface area contributed by atoms with Crippen LogP contribution in [0.5, 0.6) is 0 Å². The number of aromatic nitrogens is 2. The second-order valence-electron chi connectivity index (χ2n) is 8.31. The van der Waals surface area contributed by atoms with Crippen LogP contribution in [-0.4, -0.2) is 47.4 Å². The highest BCUT2D eigenvalue weighted by Gasteiger charge is 2.46. The predicted octanol–water partition coefficient (Wildman–Crippen LogP) is 3.59. The number of hydrogen-bond donors (Lipinski definition) is 1. The zero-order valence-corrected chi connectivity index (χ0v) is 20.1. The summed E-state index contributed by atoms with van der Waals surface area (Å²) >= 11 is 0. The average molecular weight is 551 g/mol. The highest BCUT2D eigenvalue weighted by Crippen LogP contribution is 2.30. The first-order chi connectivity index (χ1) is 17.9. The average Bonchev–Trinajstić information content (AvgIpc) is 3.29. The van der Waals surface area contributed by atoms with Gasteiger partial charge in [-0.2, -0.15) is 22.7 Å². The zero-order valence-electron chi connectivity index (χ0n) is 19.3. The summed E-state index contributed by atoms with van der Waals surface area (Å²) in [7, 11) is -4.32. The van der Waals surface area contributed by atoms with Gasteiger partial charge in [0.2, 0.25) is 21.8 Å². The lowest BCUT2D eigenvalue weighted by Crippen LogP contribution is -2.49. The molecule has 0 radical (unpaired) electrons.